The van der Waals surface area contributed by atoms with E-state index in [1.54, 1.807) is 0 Å². The summed E-state index contributed by atoms with van der Waals surface area (Å²) >= 11 is 0. The average molecular weight is 332 g/mol. The van der Waals surface area contributed by atoms with Gasteiger partial charge in [-0.25, -0.2) is 0 Å². The summed E-state index contributed by atoms with van der Waals surface area (Å²) in [6.45, 7) is 2.20. The van der Waals surface area contributed by atoms with Crippen LogP contribution in [0.15, 0.2) is 0 Å². The molecule has 0 bridgehead atoms. The number of rotatable bonds is 13. The van der Waals surface area contributed by atoms with Crippen molar-refractivity contribution >= 4 is 11.9 Å². The first-order valence-corrected chi connectivity index (χ1v) is 7.51. The van der Waals surface area contributed by atoms with Crippen LogP contribution in [-0.2, 0) is 9.59 Å². The van der Waals surface area contributed by atoms with E-state index < -0.39 is 17.9 Å². The van der Waals surface area contributed by atoms with Gasteiger partial charge in [0.25, 0.3) is 0 Å². The molecule has 0 fully saturated rings. The van der Waals surface area contributed by atoms with Crippen molar-refractivity contribution in [3.63, 3.8) is 0 Å². The summed E-state index contributed by atoms with van der Waals surface area (Å²) in [5.41, 5.74) is 0. The third-order valence-electron chi connectivity index (χ3n) is 3.42. The number of aliphatic carboxylic acids is 2. The Hall–Kier alpha value is 1.58. The van der Waals surface area contributed by atoms with Crippen LogP contribution >= 0.6 is 0 Å². The van der Waals surface area contributed by atoms with Crippen molar-refractivity contribution in [2.24, 2.45) is 5.92 Å². The van der Waals surface area contributed by atoms with Gasteiger partial charge < -0.3 is 19.8 Å². The van der Waals surface area contributed by atoms with Crippen LogP contribution in [0.1, 0.15) is 77.6 Å². The van der Waals surface area contributed by atoms with Gasteiger partial charge >= 0.3 is 80.9 Å². The van der Waals surface area contributed by atoms with Gasteiger partial charge in [-0.1, -0.05) is 71.1 Å². The van der Waals surface area contributed by atoms with Crippen LogP contribution in [0.5, 0.6) is 0 Å². The molecule has 4 nitrogen and oxygen atoms in total. The van der Waals surface area contributed by atoms with Gasteiger partial charge in [0.05, 0.1) is 11.9 Å². The van der Waals surface area contributed by atoms with Crippen molar-refractivity contribution in [1.82, 2.24) is 0 Å². The maximum atomic E-state index is 10.5. The molecular weight excluding hydrogens is 306 g/mol. The van der Waals surface area contributed by atoms with Crippen molar-refractivity contribution in [2.75, 3.05) is 0 Å². The molecule has 112 valence electrons. The van der Waals surface area contributed by atoms with Crippen molar-refractivity contribution < 1.29 is 101 Å². The second-order valence-electron chi connectivity index (χ2n) is 5.16. The molecule has 0 aromatic heterocycles. The Kier molecular flexibility index (Phi) is 25.6. The summed E-state index contributed by atoms with van der Waals surface area (Å²) < 4.78 is 0. The largest absolute Gasteiger partial charge is 1.00 e. The van der Waals surface area contributed by atoms with Crippen LogP contribution in [0.25, 0.3) is 0 Å². The first-order chi connectivity index (χ1) is 9.09. The molecule has 0 N–H and O–H groups in total. The number of carboxylic acids is 2. The summed E-state index contributed by atoms with van der Waals surface area (Å²) in [6, 6.07) is 0. The molecule has 0 spiro atoms. The summed E-state index contributed by atoms with van der Waals surface area (Å²) in [5.74, 6) is -4.51. The maximum absolute atomic E-state index is 10.5. The van der Waals surface area contributed by atoms with Crippen LogP contribution in [0.4, 0.5) is 0 Å². The van der Waals surface area contributed by atoms with Crippen LogP contribution in [0.3, 0.4) is 0 Å². The Morgan fingerprint density at radius 3 is 1.43 bits per heavy atom. The number of carbonyl (C=O) groups is 2. The van der Waals surface area contributed by atoms with E-state index in [-0.39, 0.29) is 87.4 Å². The number of carboxylic acid groups (broad SMARTS) is 2. The fourth-order valence-corrected chi connectivity index (χ4v) is 2.17. The van der Waals surface area contributed by atoms with Crippen LogP contribution in [0.2, 0.25) is 0 Å². The van der Waals surface area contributed by atoms with E-state index in [4.69, 9.17) is 0 Å². The van der Waals surface area contributed by atoms with Crippen molar-refractivity contribution in [3.05, 3.63) is 0 Å². The zero-order valence-corrected chi connectivity index (χ0v) is 19.1. The van der Waals surface area contributed by atoms with Crippen LogP contribution in [-0.4, -0.2) is 11.9 Å². The predicted octanol–water partition coefficient (Wildman–Crippen LogP) is -4.58. The van der Waals surface area contributed by atoms with Gasteiger partial charge in [-0.2, -0.15) is 0 Å². The fraction of sp³-hybridized carbons (Fsp3) is 0.867. The zero-order valence-electron chi connectivity index (χ0n) is 14.0. The molecule has 0 heterocycles. The minimum absolute atomic E-state index is 0. The Labute approximate surface area is 193 Å². The Morgan fingerprint density at radius 2 is 1.10 bits per heavy atom. The monoisotopic (exact) mass is 332 g/mol. The number of carbonyl (C=O) groups excluding carboxylic acids is 2. The SMILES string of the molecule is CCCCCCCCCCCCC(C(=O)[O-])C(=O)[O-].[K+].[Na+]. The molecule has 0 atom stereocenters. The smallest absolute Gasteiger partial charge is 0.549 e. The van der Waals surface area contributed by atoms with Crippen LogP contribution in [0, 0.1) is 5.92 Å². The average Bonchev–Trinajstić information content (AvgIpc) is 2.35. The molecule has 0 aromatic rings. The van der Waals surface area contributed by atoms with Gasteiger partial charge in [-0.15, -0.1) is 0 Å². The second-order valence-corrected chi connectivity index (χ2v) is 5.16. The normalized spacial score (nSPS) is 9.81. The number of hydrogen-bond donors (Lipinski definition) is 0. The molecule has 0 radical (unpaired) electrons. The third kappa shape index (κ3) is 17.8. The van der Waals surface area contributed by atoms with Crippen LogP contribution < -0.4 is 91.2 Å². The third-order valence-corrected chi connectivity index (χ3v) is 3.42. The molecule has 0 aromatic carbocycles. The van der Waals surface area contributed by atoms with E-state index in [0.717, 1.165) is 19.3 Å². The molecule has 0 saturated carbocycles. The molecule has 0 aliphatic heterocycles. The summed E-state index contributed by atoms with van der Waals surface area (Å²) in [7, 11) is 0. The van der Waals surface area contributed by atoms with Gasteiger partial charge in [0.1, 0.15) is 0 Å². The van der Waals surface area contributed by atoms with E-state index in [1.165, 1.54) is 38.5 Å². The van der Waals surface area contributed by atoms with E-state index in [9.17, 15) is 19.8 Å². The predicted molar refractivity (Wildman–Crippen MR) is 70.0 cm³/mol. The van der Waals surface area contributed by atoms with Gasteiger partial charge in [0.15, 0.2) is 0 Å². The molecular formula is C15H26KNaO4. The standard InChI is InChI=1S/C15H28O4.K.Na/c1-2-3-4-5-6-7-8-9-10-11-12-13(14(16)17)15(18)19;;/h13H,2-12H2,1H3,(H,16,17)(H,18,19);;/q;2*+1/p-2. The molecule has 6 heteroatoms. The van der Waals surface area contributed by atoms with Crippen molar-refractivity contribution in [2.45, 2.75) is 77.6 Å². The Balaban J connectivity index is -0.00000162. The quantitative estimate of drug-likeness (QED) is 0.193. The van der Waals surface area contributed by atoms with E-state index in [1.807, 2.05) is 0 Å². The van der Waals surface area contributed by atoms with E-state index in [0.29, 0.717) is 6.42 Å². The Morgan fingerprint density at radius 1 is 0.762 bits per heavy atom. The molecule has 0 aliphatic carbocycles. The maximum Gasteiger partial charge on any atom is 1.00 e. The summed E-state index contributed by atoms with van der Waals surface area (Å²) in [5, 5.41) is 21.0. The molecule has 21 heavy (non-hydrogen) atoms. The van der Waals surface area contributed by atoms with Gasteiger partial charge in [0.2, 0.25) is 0 Å². The van der Waals surface area contributed by atoms with Gasteiger partial charge in [-0.05, 0) is 6.42 Å². The van der Waals surface area contributed by atoms with E-state index >= 15 is 0 Å². The fourth-order valence-electron chi connectivity index (χ4n) is 2.17. The topological polar surface area (TPSA) is 80.3 Å². The molecule has 0 aliphatic rings. The summed E-state index contributed by atoms with van der Waals surface area (Å²) in [4.78, 5) is 21.0. The molecule has 0 amide bonds. The Bertz CT molecular complexity index is 248. The zero-order chi connectivity index (χ0) is 14.5. The van der Waals surface area contributed by atoms with E-state index in [2.05, 4.69) is 6.92 Å². The summed E-state index contributed by atoms with van der Waals surface area (Å²) in [6.07, 6.45) is 11.5. The number of hydrogen-bond acceptors (Lipinski definition) is 4. The van der Waals surface area contributed by atoms with Gasteiger partial charge in [0, 0.05) is 5.92 Å². The van der Waals surface area contributed by atoms with Crippen molar-refractivity contribution in [1.29, 1.82) is 0 Å². The molecule has 0 saturated heterocycles. The number of unbranched alkanes of at least 4 members (excludes halogenated alkanes) is 9. The second kappa shape index (κ2) is 19.6. The first kappa shape index (κ1) is 27.4. The van der Waals surface area contributed by atoms with Crippen molar-refractivity contribution in [3.8, 4) is 0 Å². The molecule has 0 unspecified atom stereocenters. The van der Waals surface area contributed by atoms with Gasteiger partial charge in [-0.3, -0.25) is 0 Å². The minimum atomic E-state index is -1.53. The first-order valence-electron chi connectivity index (χ1n) is 7.51. The minimum Gasteiger partial charge on any atom is -0.549 e. The molecule has 0 rings (SSSR count).